The molecule has 1 aliphatic rings. The van der Waals surface area contributed by atoms with Crippen LogP contribution in [-0.4, -0.2) is 0 Å². The van der Waals surface area contributed by atoms with Gasteiger partial charge in [-0.15, -0.1) is 0 Å². The van der Waals surface area contributed by atoms with E-state index in [1.807, 2.05) is 0 Å². The van der Waals surface area contributed by atoms with Crippen LogP contribution in [0, 0.1) is 0 Å². The average Bonchev–Trinajstić information content (AvgIpc) is 2.01. The van der Waals surface area contributed by atoms with Crippen molar-refractivity contribution in [1.82, 2.24) is 0 Å². The van der Waals surface area contributed by atoms with Crippen molar-refractivity contribution in [2.24, 2.45) is 0 Å². The van der Waals surface area contributed by atoms with E-state index >= 15 is 0 Å². The third kappa shape index (κ3) is 3.29. The molecular weight excluding hydrogens is 120 g/mol. The Labute approximate surface area is 62.9 Å². The van der Waals surface area contributed by atoms with Crippen molar-refractivity contribution in [3.8, 4) is 0 Å². The zero-order valence-corrected chi connectivity index (χ0v) is 6.29. The molecule has 0 nitrogen and oxygen atoms in total. The molecule has 0 amide bonds. The summed E-state index contributed by atoms with van der Waals surface area (Å²) in [5.41, 5.74) is 0. The molecule has 0 bridgehead atoms. The van der Waals surface area contributed by atoms with Gasteiger partial charge in [0.2, 0.25) is 0 Å². The average molecular weight is 134 g/mol. The second-order valence-electron chi connectivity index (χ2n) is 2.48. The summed E-state index contributed by atoms with van der Waals surface area (Å²) in [6.45, 7) is 0. The molecule has 1 aliphatic carbocycles. The molecule has 0 spiro atoms. The molecule has 0 aliphatic heterocycles. The molecule has 54 valence electrons. The topological polar surface area (TPSA) is 0 Å². The van der Waals surface area contributed by atoms with Gasteiger partial charge in [0, 0.05) is 0 Å². The van der Waals surface area contributed by atoms with Crippen molar-refractivity contribution < 1.29 is 0 Å². The van der Waals surface area contributed by atoms with E-state index in [4.69, 9.17) is 0 Å². The quantitative estimate of drug-likeness (QED) is 0.446. The van der Waals surface area contributed by atoms with Crippen molar-refractivity contribution >= 4 is 0 Å². The van der Waals surface area contributed by atoms with E-state index in [-0.39, 0.29) is 0 Å². The molecule has 0 fully saturated rings. The van der Waals surface area contributed by atoms with Crippen LogP contribution in [-0.2, 0) is 0 Å². The Morgan fingerprint density at radius 2 is 0.900 bits per heavy atom. The Morgan fingerprint density at radius 3 is 1.40 bits per heavy atom. The molecule has 0 aromatic carbocycles. The van der Waals surface area contributed by atoms with Gasteiger partial charge in [0.05, 0.1) is 0 Å². The normalized spacial score (nSPS) is 28.8. The lowest BCUT2D eigenvalue weighted by Crippen LogP contribution is -1.69. The minimum Gasteiger partial charge on any atom is -0.0882 e. The van der Waals surface area contributed by atoms with E-state index in [1.165, 1.54) is 25.7 Å². The highest BCUT2D eigenvalue weighted by Gasteiger charge is 1.79. The van der Waals surface area contributed by atoms with Crippen molar-refractivity contribution in [3.05, 3.63) is 36.5 Å². The third-order valence-electron chi connectivity index (χ3n) is 1.55. The summed E-state index contributed by atoms with van der Waals surface area (Å²) in [5, 5.41) is 0. The molecule has 1 rings (SSSR count). The van der Waals surface area contributed by atoms with E-state index in [1.54, 1.807) is 0 Å². The van der Waals surface area contributed by atoms with Crippen LogP contribution in [0.3, 0.4) is 0 Å². The van der Waals surface area contributed by atoms with Crippen molar-refractivity contribution in [2.75, 3.05) is 0 Å². The van der Waals surface area contributed by atoms with Gasteiger partial charge in [-0.3, -0.25) is 0 Å². The van der Waals surface area contributed by atoms with Crippen molar-refractivity contribution in [1.29, 1.82) is 0 Å². The molecule has 0 aromatic heterocycles. The summed E-state index contributed by atoms with van der Waals surface area (Å²) in [6, 6.07) is 0. The summed E-state index contributed by atoms with van der Waals surface area (Å²) in [6.07, 6.45) is 18.0. The minimum atomic E-state index is 1.18. The van der Waals surface area contributed by atoms with Gasteiger partial charge in [-0.05, 0) is 25.7 Å². The van der Waals surface area contributed by atoms with Crippen LogP contribution in [0.25, 0.3) is 0 Å². The molecule has 0 heteroatoms. The fraction of sp³-hybridized carbons (Fsp3) is 0.400. The van der Waals surface area contributed by atoms with Crippen LogP contribution in [0.1, 0.15) is 25.7 Å². The zero-order valence-electron chi connectivity index (χ0n) is 6.29. The van der Waals surface area contributed by atoms with Gasteiger partial charge < -0.3 is 0 Å². The third-order valence-corrected chi connectivity index (χ3v) is 1.55. The number of hydrogen-bond donors (Lipinski definition) is 0. The maximum atomic E-state index is 2.27. The molecule has 0 saturated carbocycles. The SMILES string of the molecule is C1=C/CC/C=C/CC/C=C/1. The minimum absolute atomic E-state index is 1.18. The predicted molar refractivity (Wildman–Crippen MR) is 45.9 cm³/mol. The molecule has 0 saturated heterocycles. The highest BCUT2D eigenvalue weighted by Crippen LogP contribution is 2.00. The van der Waals surface area contributed by atoms with Crippen molar-refractivity contribution in [2.45, 2.75) is 25.7 Å². The summed E-state index contributed by atoms with van der Waals surface area (Å²) >= 11 is 0. The summed E-state index contributed by atoms with van der Waals surface area (Å²) in [7, 11) is 0. The first kappa shape index (κ1) is 7.33. The molecule has 0 atom stereocenters. The predicted octanol–water partition coefficient (Wildman–Crippen LogP) is 3.23. The fourth-order valence-electron chi connectivity index (χ4n) is 0.970. The van der Waals surface area contributed by atoms with Crippen LogP contribution >= 0.6 is 0 Å². The van der Waals surface area contributed by atoms with Crippen molar-refractivity contribution in [3.63, 3.8) is 0 Å². The Balaban J connectivity index is 2.38. The van der Waals surface area contributed by atoms with Crippen LogP contribution < -0.4 is 0 Å². The first-order valence-electron chi connectivity index (χ1n) is 3.97. The molecule has 0 unspecified atom stereocenters. The van der Waals surface area contributed by atoms with Crippen LogP contribution in [0.4, 0.5) is 0 Å². The Hall–Kier alpha value is -0.780. The van der Waals surface area contributed by atoms with Crippen LogP contribution in [0.15, 0.2) is 36.5 Å². The number of allylic oxidation sites excluding steroid dienone is 6. The fourth-order valence-corrected chi connectivity index (χ4v) is 0.970. The lowest BCUT2D eigenvalue weighted by Gasteiger charge is -1.90. The highest BCUT2D eigenvalue weighted by atomic mass is 13.9. The molecule has 0 radical (unpaired) electrons. The number of rotatable bonds is 0. The maximum absolute atomic E-state index is 2.27. The van der Waals surface area contributed by atoms with Gasteiger partial charge in [-0.25, -0.2) is 0 Å². The van der Waals surface area contributed by atoms with Gasteiger partial charge >= 0.3 is 0 Å². The van der Waals surface area contributed by atoms with Gasteiger partial charge in [0.15, 0.2) is 0 Å². The number of hydrogen-bond acceptors (Lipinski definition) is 0. The first-order valence-corrected chi connectivity index (χ1v) is 3.97. The highest BCUT2D eigenvalue weighted by molar-refractivity contribution is 5.04. The van der Waals surface area contributed by atoms with Gasteiger partial charge in [-0.2, -0.15) is 0 Å². The van der Waals surface area contributed by atoms with E-state index in [0.717, 1.165) is 0 Å². The molecule has 0 N–H and O–H groups in total. The summed E-state index contributed by atoms with van der Waals surface area (Å²) < 4.78 is 0. The molecule has 0 aromatic rings. The second-order valence-corrected chi connectivity index (χ2v) is 2.48. The lowest BCUT2D eigenvalue weighted by molar-refractivity contribution is 0.998. The zero-order chi connectivity index (χ0) is 7.07. The first-order chi connectivity index (χ1) is 5.00. The maximum Gasteiger partial charge on any atom is -0.0313 e. The van der Waals surface area contributed by atoms with E-state index in [0.29, 0.717) is 0 Å². The Morgan fingerprint density at radius 1 is 0.500 bits per heavy atom. The summed E-state index contributed by atoms with van der Waals surface area (Å²) in [4.78, 5) is 0. The largest absolute Gasteiger partial charge is 0.0882 e. The van der Waals surface area contributed by atoms with Gasteiger partial charge in [0.1, 0.15) is 0 Å². The van der Waals surface area contributed by atoms with Gasteiger partial charge in [0.25, 0.3) is 0 Å². The van der Waals surface area contributed by atoms with E-state index in [2.05, 4.69) is 36.5 Å². The van der Waals surface area contributed by atoms with E-state index < -0.39 is 0 Å². The Bertz CT molecular complexity index is 131. The standard InChI is InChI=1S/C10H14/c1-2-4-6-8-10-9-7-5-3-1/h1-4,9-10H,5-8H2/b3-1+,4-2+,10-9+. The Kier molecular flexibility index (Phi) is 3.69. The molecular formula is C10H14. The molecule has 0 heterocycles. The van der Waals surface area contributed by atoms with Crippen LogP contribution in [0.5, 0.6) is 0 Å². The smallest absolute Gasteiger partial charge is 0.0313 e. The second kappa shape index (κ2) is 5.04. The lowest BCUT2D eigenvalue weighted by atomic mass is 10.2. The monoisotopic (exact) mass is 134 g/mol. The molecule has 10 heavy (non-hydrogen) atoms. The van der Waals surface area contributed by atoms with Gasteiger partial charge in [-0.1, -0.05) is 36.5 Å². The van der Waals surface area contributed by atoms with E-state index in [9.17, 15) is 0 Å². The summed E-state index contributed by atoms with van der Waals surface area (Å²) in [5.74, 6) is 0. The van der Waals surface area contributed by atoms with Crippen LogP contribution in [0.2, 0.25) is 0 Å².